The molecule has 0 saturated heterocycles. The third-order valence-corrected chi connectivity index (χ3v) is 5.09. The lowest BCUT2D eigenvalue weighted by Crippen LogP contribution is -2.15. The molecular formula is C29H24N2O3. The van der Waals surface area contributed by atoms with Gasteiger partial charge in [-0.25, -0.2) is 0 Å². The molecule has 4 rings (SSSR count). The van der Waals surface area contributed by atoms with Crippen LogP contribution in [-0.4, -0.2) is 24.8 Å². The molecule has 0 N–H and O–H groups in total. The summed E-state index contributed by atoms with van der Waals surface area (Å²) in [5.74, 6) is 1.04. The Hall–Kier alpha value is -4.51. The van der Waals surface area contributed by atoms with Gasteiger partial charge in [0, 0.05) is 11.1 Å². The van der Waals surface area contributed by atoms with Crippen molar-refractivity contribution in [3.05, 3.63) is 131 Å². The van der Waals surface area contributed by atoms with Crippen LogP contribution in [0.4, 0.5) is 0 Å². The van der Waals surface area contributed by atoms with Gasteiger partial charge >= 0.3 is 0 Å². The Morgan fingerprint density at radius 2 is 1.38 bits per heavy atom. The number of ketones is 1. The maximum absolute atomic E-state index is 13.1. The summed E-state index contributed by atoms with van der Waals surface area (Å²) in [6.07, 6.45) is 1.59. The number of carbonyl (C=O) groups is 1. The number of methoxy groups -OCH3 is 1. The molecule has 0 aliphatic heterocycles. The minimum absolute atomic E-state index is 0.189. The average Bonchev–Trinajstić information content (AvgIpc) is 2.91. The molecule has 0 bridgehead atoms. The van der Waals surface area contributed by atoms with E-state index in [-0.39, 0.29) is 11.5 Å². The van der Waals surface area contributed by atoms with Crippen molar-refractivity contribution < 1.29 is 14.3 Å². The molecule has 0 saturated carbocycles. The molecule has 0 amide bonds. The molecule has 34 heavy (non-hydrogen) atoms. The van der Waals surface area contributed by atoms with Gasteiger partial charge in [0.1, 0.15) is 12.3 Å². The fraction of sp³-hybridized carbons (Fsp3) is 0.0690. The Morgan fingerprint density at radius 1 is 0.765 bits per heavy atom. The van der Waals surface area contributed by atoms with Gasteiger partial charge in [-0.05, 0) is 29.3 Å². The Labute approximate surface area is 199 Å². The molecule has 0 aromatic heterocycles. The van der Waals surface area contributed by atoms with E-state index >= 15 is 0 Å². The maximum Gasteiger partial charge on any atom is 0.213 e. The number of hydrogen-bond acceptors (Lipinski definition) is 5. The molecule has 5 heteroatoms. The SMILES string of the molecule is COc1ccc(/C=N/N=C(/C(=O)c2ccccc2)c2ccccc2)cc1OCc1ccccc1. The van der Waals surface area contributed by atoms with E-state index in [0.717, 1.165) is 11.1 Å². The second kappa shape index (κ2) is 11.4. The van der Waals surface area contributed by atoms with Crippen molar-refractivity contribution in [1.82, 2.24) is 0 Å². The molecule has 0 heterocycles. The van der Waals surface area contributed by atoms with Crippen LogP contribution < -0.4 is 9.47 Å². The summed E-state index contributed by atoms with van der Waals surface area (Å²) in [5, 5.41) is 8.52. The van der Waals surface area contributed by atoms with Gasteiger partial charge in [0.15, 0.2) is 11.5 Å². The van der Waals surface area contributed by atoms with E-state index in [1.807, 2.05) is 97.1 Å². The highest BCUT2D eigenvalue weighted by Gasteiger charge is 2.16. The smallest absolute Gasteiger partial charge is 0.213 e. The van der Waals surface area contributed by atoms with E-state index in [4.69, 9.17) is 9.47 Å². The van der Waals surface area contributed by atoms with Gasteiger partial charge in [-0.3, -0.25) is 4.79 Å². The lowest BCUT2D eigenvalue weighted by molar-refractivity contribution is 0.106. The van der Waals surface area contributed by atoms with Crippen molar-refractivity contribution in [2.75, 3.05) is 7.11 Å². The summed E-state index contributed by atoms with van der Waals surface area (Å²) < 4.78 is 11.4. The molecular weight excluding hydrogens is 424 g/mol. The van der Waals surface area contributed by atoms with E-state index < -0.39 is 0 Å². The van der Waals surface area contributed by atoms with Crippen LogP contribution in [0.3, 0.4) is 0 Å². The Bertz CT molecular complexity index is 1290. The van der Waals surface area contributed by atoms with Crippen LogP contribution in [0.25, 0.3) is 0 Å². The van der Waals surface area contributed by atoms with Gasteiger partial charge < -0.3 is 9.47 Å². The molecule has 5 nitrogen and oxygen atoms in total. The van der Waals surface area contributed by atoms with Gasteiger partial charge in [0.05, 0.1) is 13.3 Å². The normalized spacial score (nSPS) is 11.4. The first kappa shape index (κ1) is 22.7. The highest BCUT2D eigenvalue weighted by molar-refractivity contribution is 6.51. The largest absolute Gasteiger partial charge is 0.493 e. The lowest BCUT2D eigenvalue weighted by Gasteiger charge is -2.11. The van der Waals surface area contributed by atoms with Crippen molar-refractivity contribution in [2.45, 2.75) is 6.61 Å². The zero-order valence-corrected chi connectivity index (χ0v) is 18.8. The fourth-order valence-electron chi connectivity index (χ4n) is 3.33. The fourth-order valence-corrected chi connectivity index (χ4v) is 3.33. The van der Waals surface area contributed by atoms with E-state index in [1.165, 1.54) is 0 Å². The van der Waals surface area contributed by atoms with Crippen molar-refractivity contribution in [1.29, 1.82) is 0 Å². The minimum atomic E-state index is -0.189. The van der Waals surface area contributed by atoms with E-state index in [9.17, 15) is 4.79 Å². The van der Waals surface area contributed by atoms with Crippen LogP contribution in [0.15, 0.2) is 119 Å². The molecule has 4 aromatic carbocycles. The molecule has 0 radical (unpaired) electrons. The topological polar surface area (TPSA) is 60.2 Å². The zero-order chi connectivity index (χ0) is 23.6. The van der Waals surface area contributed by atoms with Gasteiger partial charge in [0.2, 0.25) is 5.78 Å². The summed E-state index contributed by atoms with van der Waals surface area (Å²) in [5.41, 5.74) is 3.36. The molecule has 0 atom stereocenters. The molecule has 0 aliphatic carbocycles. The van der Waals surface area contributed by atoms with E-state index in [0.29, 0.717) is 29.2 Å². The Morgan fingerprint density at radius 3 is 2.03 bits per heavy atom. The molecule has 4 aromatic rings. The second-order valence-corrected chi connectivity index (χ2v) is 7.44. The zero-order valence-electron chi connectivity index (χ0n) is 18.8. The predicted octanol–water partition coefficient (Wildman–Crippen LogP) is 5.98. The monoisotopic (exact) mass is 448 g/mol. The minimum Gasteiger partial charge on any atom is -0.493 e. The lowest BCUT2D eigenvalue weighted by atomic mass is 10.0. The van der Waals surface area contributed by atoms with Crippen LogP contribution in [0.1, 0.15) is 27.0 Å². The van der Waals surface area contributed by atoms with Crippen molar-refractivity contribution >= 4 is 17.7 Å². The summed E-state index contributed by atoms with van der Waals surface area (Å²) in [6.45, 7) is 0.416. The highest BCUT2D eigenvalue weighted by atomic mass is 16.5. The van der Waals surface area contributed by atoms with Crippen LogP contribution in [-0.2, 0) is 6.61 Å². The number of benzene rings is 4. The van der Waals surface area contributed by atoms with Crippen LogP contribution >= 0.6 is 0 Å². The number of hydrogen-bond donors (Lipinski definition) is 0. The summed E-state index contributed by atoms with van der Waals surface area (Å²) in [6, 6.07) is 33.8. The second-order valence-electron chi connectivity index (χ2n) is 7.44. The van der Waals surface area contributed by atoms with Crippen LogP contribution in [0, 0.1) is 0 Å². The molecule has 0 aliphatic rings. The Kier molecular flexibility index (Phi) is 7.59. The van der Waals surface area contributed by atoms with Gasteiger partial charge in [0.25, 0.3) is 0 Å². The first-order valence-corrected chi connectivity index (χ1v) is 10.9. The van der Waals surface area contributed by atoms with Gasteiger partial charge in [-0.1, -0.05) is 91.0 Å². The summed E-state index contributed by atoms with van der Waals surface area (Å²) >= 11 is 0. The first-order chi connectivity index (χ1) is 16.7. The van der Waals surface area contributed by atoms with E-state index in [2.05, 4.69) is 10.2 Å². The number of Topliss-reactive ketones (excluding diaryl/α,β-unsaturated/α-hetero) is 1. The van der Waals surface area contributed by atoms with Crippen LogP contribution in [0.2, 0.25) is 0 Å². The molecule has 168 valence electrons. The Balaban J connectivity index is 1.58. The van der Waals surface area contributed by atoms with Crippen molar-refractivity contribution in [3.8, 4) is 11.5 Å². The molecule has 0 unspecified atom stereocenters. The van der Waals surface area contributed by atoms with Gasteiger partial charge in [-0.2, -0.15) is 5.10 Å². The highest BCUT2D eigenvalue weighted by Crippen LogP contribution is 2.28. The summed E-state index contributed by atoms with van der Waals surface area (Å²) in [7, 11) is 1.60. The summed E-state index contributed by atoms with van der Waals surface area (Å²) in [4.78, 5) is 13.1. The molecule has 0 fully saturated rings. The molecule has 0 spiro atoms. The van der Waals surface area contributed by atoms with Crippen molar-refractivity contribution in [2.24, 2.45) is 10.2 Å². The van der Waals surface area contributed by atoms with E-state index in [1.54, 1.807) is 25.5 Å². The number of nitrogens with zero attached hydrogens (tertiary/aromatic N) is 2. The maximum atomic E-state index is 13.1. The number of carbonyl (C=O) groups excluding carboxylic acids is 1. The third kappa shape index (κ3) is 5.84. The standard InChI is InChI=1S/C29H24N2O3/c1-33-26-18-17-23(19-27(26)34-21-22-11-5-2-6-12-22)20-30-31-28(24-13-7-3-8-14-24)29(32)25-15-9-4-10-16-25/h2-20H,21H2,1H3/b30-20+,31-28+. The number of ether oxygens (including phenoxy) is 2. The number of rotatable bonds is 9. The third-order valence-electron chi connectivity index (χ3n) is 5.09. The van der Waals surface area contributed by atoms with Crippen LogP contribution in [0.5, 0.6) is 11.5 Å². The predicted molar refractivity (Wildman–Crippen MR) is 135 cm³/mol. The quantitative estimate of drug-likeness (QED) is 0.180. The van der Waals surface area contributed by atoms with Crippen molar-refractivity contribution in [3.63, 3.8) is 0 Å². The van der Waals surface area contributed by atoms with Gasteiger partial charge in [-0.15, -0.1) is 5.10 Å². The first-order valence-electron chi connectivity index (χ1n) is 10.9. The average molecular weight is 449 g/mol.